The lowest BCUT2D eigenvalue weighted by Gasteiger charge is -2.45. The molecular weight excluding hydrogens is 442 g/mol. The van der Waals surface area contributed by atoms with Crippen LogP contribution < -0.4 is 15.8 Å². The summed E-state index contributed by atoms with van der Waals surface area (Å²) in [5.74, 6) is -2.65. The monoisotopic (exact) mass is 476 g/mol. The van der Waals surface area contributed by atoms with Crippen LogP contribution in [-0.2, 0) is 9.59 Å². The topological polar surface area (TPSA) is 87.9 Å². The number of alkyl halides is 2. The number of carbonyl (C=O) groups is 2. The lowest BCUT2D eigenvalue weighted by Crippen LogP contribution is -2.65. The van der Waals surface area contributed by atoms with Crippen molar-refractivity contribution in [3.05, 3.63) is 29.8 Å². The Balaban J connectivity index is 1.32. The van der Waals surface area contributed by atoms with Crippen LogP contribution >= 0.6 is 0 Å². The van der Waals surface area contributed by atoms with E-state index in [4.69, 9.17) is 10.5 Å². The lowest BCUT2D eigenvalue weighted by molar-refractivity contribution is -0.148. The second-order valence-corrected chi connectivity index (χ2v) is 10.3. The Morgan fingerprint density at radius 1 is 1.12 bits per heavy atom. The third kappa shape index (κ3) is 4.64. The molecule has 3 heterocycles. The molecule has 4 aliphatic rings. The van der Waals surface area contributed by atoms with E-state index in [1.165, 1.54) is 0 Å². The molecule has 4 atom stereocenters. The molecular formula is C25H34F2N4O3. The summed E-state index contributed by atoms with van der Waals surface area (Å²) < 4.78 is 33.0. The van der Waals surface area contributed by atoms with Crippen molar-refractivity contribution in [1.29, 1.82) is 0 Å². The first kappa shape index (κ1) is 23.5. The van der Waals surface area contributed by atoms with E-state index in [1.54, 1.807) is 4.90 Å². The molecule has 2 saturated heterocycles. The van der Waals surface area contributed by atoms with Gasteiger partial charge in [0.2, 0.25) is 17.7 Å². The van der Waals surface area contributed by atoms with Crippen molar-refractivity contribution in [2.45, 2.75) is 75.0 Å². The average molecular weight is 477 g/mol. The van der Waals surface area contributed by atoms with Gasteiger partial charge in [-0.3, -0.25) is 14.5 Å². The molecule has 9 heteroatoms. The van der Waals surface area contributed by atoms with Crippen LogP contribution in [0.2, 0.25) is 0 Å². The number of para-hydroxylation sites is 1. The lowest BCUT2D eigenvalue weighted by atomic mass is 9.81. The predicted molar refractivity (Wildman–Crippen MR) is 122 cm³/mol. The first-order valence-corrected chi connectivity index (χ1v) is 12.5. The van der Waals surface area contributed by atoms with Gasteiger partial charge >= 0.3 is 0 Å². The summed E-state index contributed by atoms with van der Waals surface area (Å²) >= 11 is 0. The Bertz CT molecular complexity index is 919. The molecule has 3 aliphatic heterocycles. The highest BCUT2D eigenvalue weighted by Gasteiger charge is 2.45. The number of hydrogen-bond acceptors (Lipinski definition) is 5. The number of rotatable bonds is 4. The molecule has 0 aromatic heterocycles. The number of nitrogens with one attached hydrogen (secondary N) is 1. The highest BCUT2D eigenvalue weighted by molar-refractivity contribution is 5.90. The zero-order valence-electron chi connectivity index (χ0n) is 19.4. The molecule has 0 bridgehead atoms. The summed E-state index contributed by atoms with van der Waals surface area (Å²) in [4.78, 5) is 31.0. The fourth-order valence-electron chi connectivity index (χ4n) is 6.06. The first-order valence-electron chi connectivity index (χ1n) is 12.5. The predicted octanol–water partition coefficient (Wildman–Crippen LogP) is 2.45. The zero-order valence-corrected chi connectivity index (χ0v) is 19.4. The summed E-state index contributed by atoms with van der Waals surface area (Å²) in [6.45, 7) is 2.36. The minimum absolute atomic E-state index is 0.181. The molecule has 186 valence electrons. The SMILES string of the molecule is N[C@H](C(=O)N1C[C@@H]2CCCN2CC1C(=O)N[C@@H]1CCOc2ccccc21)C1CCC(F)(F)CC1. The second-order valence-electron chi connectivity index (χ2n) is 10.3. The number of fused-ring (bicyclic) bond motifs is 2. The molecule has 1 aromatic carbocycles. The van der Waals surface area contributed by atoms with Gasteiger partial charge in [-0.2, -0.15) is 0 Å². The van der Waals surface area contributed by atoms with Crippen molar-refractivity contribution in [1.82, 2.24) is 15.1 Å². The number of halogens is 2. The van der Waals surface area contributed by atoms with Crippen LogP contribution in [0.4, 0.5) is 8.78 Å². The van der Waals surface area contributed by atoms with Crippen LogP contribution in [0.3, 0.4) is 0 Å². The second kappa shape index (κ2) is 9.41. The zero-order chi connectivity index (χ0) is 23.9. The molecule has 7 nitrogen and oxygen atoms in total. The van der Waals surface area contributed by atoms with Crippen LogP contribution in [-0.4, -0.2) is 71.9 Å². The molecule has 2 amide bonds. The Morgan fingerprint density at radius 3 is 2.68 bits per heavy atom. The van der Waals surface area contributed by atoms with Crippen LogP contribution in [0.15, 0.2) is 24.3 Å². The van der Waals surface area contributed by atoms with E-state index < -0.39 is 18.0 Å². The van der Waals surface area contributed by atoms with Crippen molar-refractivity contribution in [2.24, 2.45) is 11.7 Å². The maximum Gasteiger partial charge on any atom is 0.248 e. The number of carbonyl (C=O) groups excluding carboxylic acids is 2. The van der Waals surface area contributed by atoms with Gasteiger partial charge in [0.25, 0.3) is 0 Å². The maximum atomic E-state index is 13.6. The van der Waals surface area contributed by atoms with E-state index in [9.17, 15) is 18.4 Å². The third-order valence-corrected chi connectivity index (χ3v) is 8.11. The van der Waals surface area contributed by atoms with Crippen molar-refractivity contribution in [2.75, 3.05) is 26.2 Å². The minimum atomic E-state index is -2.67. The molecule has 1 aromatic rings. The van der Waals surface area contributed by atoms with Gasteiger partial charge in [-0.25, -0.2) is 8.78 Å². The van der Waals surface area contributed by atoms with Crippen molar-refractivity contribution < 1.29 is 23.1 Å². The molecule has 1 saturated carbocycles. The van der Waals surface area contributed by atoms with E-state index in [0.29, 0.717) is 26.1 Å². The van der Waals surface area contributed by atoms with Gasteiger partial charge in [-0.05, 0) is 44.2 Å². The van der Waals surface area contributed by atoms with Gasteiger partial charge in [0.05, 0.1) is 18.7 Å². The number of nitrogens with two attached hydrogens (primary N) is 1. The standard InChI is InChI=1S/C25H34F2N4O3/c26-25(27)10-7-16(8-11-25)22(28)24(33)31-14-17-4-3-12-30(17)15-20(31)23(32)29-19-9-13-34-21-6-2-1-5-18(19)21/h1-2,5-6,16-17,19-20,22H,3-4,7-15,28H2,(H,29,32)/t17-,19+,20?,22-/m0/s1. The first-order chi connectivity index (χ1) is 16.3. The van der Waals surface area contributed by atoms with Crippen LogP contribution in [0.25, 0.3) is 0 Å². The normalized spacial score (nSPS) is 30.1. The number of benzene rings is 1. The largest absolute Gasteiger partial charge is 0.493 e. The van der Waals surface area contributed by atoms with Gasteiger partial charge in [-0.1, -0.05) is 18.2 Å². The minimum Gasteiger partial charge on any atom is -0.493 e. The molecule has 34 heavy (non-hydrogen) atoms. The highest BCUT2D eigenvalue weighted by Crippen LogP contribution is 2.38. The Kier molecular flexibility index (Phi) is 6.50. The maximum absolute atomic E-state index is 13.6. The summed E-state index contributed by atoms with van der Waals surface area (Å²) in [6.07, 6.45) is 2.68. The smallest absolute Gasteiger partial charge is 0.248 e. The summed E-state index contributed by atoms with van der Waals surface area (Å²) in [5, 5.41) is 3.16. The van der Waals surface area contributed by atoms with E-state index in [-0.39, 0.29) is 55.5 Å². The summed E-state index contributed by atoms with van der Waals surface area (Å²) in [5.41, 5.74) is 7.30. The van der Waals surface area contributed by atoms with E-state index in [1.807, 2.05) is 24.3 Å². The number of ether oxygens (including phenoxy) is 1. The van der Waals surface area contributed by atoms with Crippen LogP contribution in [0.1, 0.15) is 56.6 Å². The highest BCUT2D eigenvalue weighted by atomic mass is 19.3. The molecule has 3 fully saturated rings. The van der Waals surface area contributed by atoms with Crippen molar-refractivity contribution >= 4 is 11.8 Å². The Labute approximate surface area is 199 Å². The fourth-order valence-corrected chi connectivity index (χ4v) is 6.06. The van der Waals surface area contributed by atoms with Gasteiger partial charge in [-0.15, -0.1) is 0 Å². The average Bonchev–Trinajstić information content (AvgIpc) is 3.30. The van der Waals surface area contributed by atoms with Gasteiger partial charge in [0, 0.05) is 44.0 Å². The quantitative estimate of drug-likeness (QED) is 0.697. The summed E-state index contributed by atoms with van der Waals surface area (Å²) in [6, 6.07) is 6.21. The fraction of sp³-hybridized carbons (Fsp3) is 0.680. The molecule has 3 N–H and O–H groups in total. The number of piperazine rings is 1. The van der Waals surface area contributed by atoms with Crippen LogP contribution in [0, 0.1) is 5.92 Å². The van der Waals surface area contributed by atoms with E-state index in [0.717, 1.165) is 30.7 Å². The molecule has 0 radical (unpaired) electrons. The van der Waals surface area contributed by atoms with E-state index >= 15 is 0 Å². The third-order valence-electron chi connectivity index (χ3n) is 8.11. The van der Waals surface area contributed by atoms with Gasteiger partial charge in [0.1, 0.15) is 11.8 Å². The molecule has 0 spiro atoms. The number of hydrogen-bond donors (Lipinski definition) is 2. The van der Waals surface area contributed by atoms with E-state index in [2.05, 4.69) is 10.2 Å². The number of amides is 2. The number of nitrogens with zero attached hydrogens (tertiary/aromatic N) is 2. The van der Waals surface area contributed by atoms with Crippen molar-refractivity contribution in [3.63, 3.8) is 0 Å². The van der Waals surface area contributed by atoms with Gasteiger partial charge in [0.15, 0.2) is 0 Å². The van der Waals surface area contributed by atoms with Gasteiger partial charge < -0.3 is 20.7 Å². The molecule has 1 unspecified atom stereocenters. The summed E-state index contributed by atoms with van der Waals surface area (Å²) in [7, 11) is 0. The Hall–Kier alpha value is -2.26. The molecule has 1 aliphatic carbocycles. The van der Waals surface area contributed by atoms with Crippen molar-refractivity contribution in [3.8, 4) is 5.75 Å². The Morgan fingerprint density at radius 2 is 1.88 bits per heavy atom. The van der Waals surface area contributed by atoms with Crippen LogP contribution in [0.5, 0.6) is 5.75 Å². The molecule has 5 rings (SSSR count).